The number of hydrogen-bond acceptors (Lipinski definition) is 14. The van der Waals surface area contributed by atoms with Gasteiger partial charge in [0, 0.05) is 30.8 Å². The summed E-state index contributed by atoms with van der Waals surface area (Å²) in [5.74, 6) is -1.30. The van der Waals surface area contributed by atoms with Gasteiger partial charge in [-0.2, -0.15) is 11.8 Å². The highest BCUT2D eigenvalue weighted by Gasteiger charge is 2.45. The van der Waals surface area contributed by atoms with Crippen LogP contribution in [0.15, 0.2) is 6.20 Å². The van der Waals surface area contributed by atoms with Crippen molar-refractivity contribution >= 4 is 41.3 Å². The molecule has 1 fully saturated rings. The van der Waals surface area contributed by atoms with Crippen LogP contribution in [0.25, 0.3) is 0 Å². The third-order valence-corrected chi connectivity index (χ3v) is 15.0. The van der Waals surface area contributed by atoms with Crippen LogP contribution in [0.3, 0.4) is 0 Å². The van der Waals surface area contributed by atoms with E-state index in [1.807, 2.05) is 0 Å². The van der Waals surface area contributed by atoms with Gasteiger partial charge in [-0.05, 0) is 19.3 Å². The fraction of sp³-hybridized carbons (Fsp3) is 0.893. The Morgan fingerprint density at radius 2 is 1.04 bits per heavy atom. The van der Waals surface area contributed by atoms with E-state index < -0.39 is 55.3 Å². The van der Waals surface area contributed by atoms with Crippen molar-refractivity contribution in [2.75, 3.05) is 30.0 Å². The lowest BCUT2D eigenvalue weighted by Crippen LogP contribution is -2.56. The van der Waals surface area contributed by atoms with Crippen LogP contribution in [0.2, 0.25) is 0 Å². The van der Waals surface area contributed by atoms with E-state index in [0.29, 0.717) is 12.8 Å². The van der Waals surface area contributed by atoms with E-state index in [2.05, 4.69) is 41.7 Å². The molecule has 6 N–H and O–H groups in total. The second-order valence-corrected chi connectivity index (χ2v) is 21.7. The largest absolute Gasteiger partial charge is 0.462 e. The van der Waals surface area contributed by atoms with Crippen LogP contribution in [0.4, 0.5) is 5.82 Å². The fourth-order valence-electron chi connectivity index (χ4n) is 9.17. The van der Waals surface area contributed by atoms with Crippen molar-refractivity contribution in [1.82, 2.24) is 20.3 Å². The molecular formula is C56H103N5O11S. The molecule has 1 saturated heterocycles. The zero-order valence-corrected chi connectivity index (χ0v) is 46.6. The average Bonchev–Trinajstić information content (AvgIpc) is 3.84. The van der Waals surface area contributed by atoms with Gasteiger partial charge in [0.1, 0.15) is 43.2 Å². The third-order valence-electron chi connectivity index (χ3n) is 13.8. The molecular weight excluding hydrogens is 951 g/mol. The molecule has 2 heterocycles. The molecule has 1 aliphatic heterocycles. The summed E-state index contributed by atoms with van der Waals surface area (Å²) in [6.07, 6.45) is 32.2. The summed E-state index contributed by atoms with van der Waals surface area (Å²) in [5, 5.41) is 54.3. The van der Waals surface area contributed by atoms with E-state index in [4.69, 9.17) is 14.2 Å². The van der Waals surface area contributed by atoms with Gasteiger partial charge in [0.05, 0.1) is 12.8 Å². The second kappa shape index (κ2) is 44.3. The number of ether oxygens (including phenoxy) is 3. The van der Waals surface area contributed by atoms with Crippen LogP contribution >= 0.6 is 11.8 Å². The topological polar surface area (TPSA) is 232 Å². The summed E-state index contributed by atoms with van der Waals surface area (Å²) in [6.45, 7) is 5.94. The van der Waals surface area contributed by atoms with Crippen molar-refractivity contribution in [1.29, 1.82) is 0 Å². The summed E-state index contributed by atoms with van der Waals surface area (Å²) in [4.78, 5) is 53.3. The molecule has 17 heteroatoms. The van der Waals surface area contributed by atoms with E-state index in [-0.39, 0.29) is 61.0 Å². The third kappa shape index (κ3) is 32.4. The summed E-state index contributed by atoms with van der Waals surface area (Å²) < 4.78 is 18.3. The number of unbranched alkanes of at least 4 members (excludes halogenated alkanes) is 30. The Hall–Kier alpha value is -2.83. The SMILES string of the molecule is CCCCCCCCCCCCCC(=O)N[C@H](CSC[C@@H](COC(=O)CCCCCCCCCCCCC)OC(=O)CCCCCCCCCCCCC)C(=O)Nc1cn([C@H]2OC(CO)C(O)C(O)C2O)nn1. The number of nitrogens with one attached hydrogen (secondary N) is 2. The first kappa shape index (κ1) is 66.3. The highest BCUT2D eigenvalue weighted by atomic mass is 32.2. The van der Waals surface area contributed by atoms with E-state index >= 15 is 0 Å². The molecule has 1 aliphatic rings. The van der Waals surface area contributed by atoms with E-state index in [9.17, 15) is 39.6 Å². The van der Waals surface area contributed by atoms with Crippen molar-refractivity contribution < 1.29 is 53.8 Å². The summed E-state index contributed by atoms with van der Waals surface area (Å²) >= 11 is 1.29. The Balaban J connectivity index is 2.03. The van der Waals surface area contributed by atoms with Gasteiger partial charge in [-0.3, -0.25) is 19.2 Å². The number of anilines is 1. The fourth-order valence-corrected chi connectivity index (χ4v) is 10.2. The number of aliphatic hydroxyl groups is 4. The predicted octanol–water partition coefficient (Wildman–Crippen LogP) is 11.0. The smallest absolute Gasteiger partial charge is 0.306 e. The van der Waals surface area contributed by atoms with Gasteiger partial charge in [-0.1, -0.05) is 219 Å². The number of carbonyl (C=O) groups is 4. The minimum atomic E-state index is -1.64. The number of thioether (sulfide) groups is 1. The maximum absolute atomic E-state index is 13.9. The number of esters is 2. The molecule has 0 bridgehead atoms. The Morgan fingerprint density at radius 1 is 0.603 bits per heavy atom. The maximum Gasteiger partial charge on any atom is 0.306 e. The first-order chi connectivity index (χ1) is 35.5. The van der Waals surface area contributed by atoms with E-state index in [1.54, 1.807) is 0 Å². The number of aliphatic hydroxyl groups excluding tert-OH is 4. The van der Waals surface area contributed by atoms with Crippen LogP contribution in [-0.4, -0.2) is 120 Å². The van der Waals surface area contributed by atoms with Gasteiger partial charge in [0.15, 0.2) is 12.0 Å². The Labute approximate surface area is 444 Å². The number of carbonyl (C=O) groups excluding carboxylic acids is 4. The van der Waals surface area contributed by atoms with Crippen molar-refractivity contribution in [3.8, 4) is 0 Å². The second-order valence-electron chi connectivity index (χ2n) is 20.6. The van der Waals surface area contributed by atoms with Crippen molar-refractivity contribution in [2.24, 2.45) is 0 Å². The lowest BCUT2D eigenvalue weighted by Gasteiger charge is -2.39. The number of rotatable bonds is 48. The summed E-state index contributed by atoms with van der Waals surface area (Å²) in [7, 11) is 0. The molecule has 0 aromatic carbocycles. The van der Waals surface area contributed by atoms with Crippen LogP contribution in [0.5, 0.6) is 0 Å². The summed E-state index contributed by atoms with van der Waals surface area (Å²) in [5.41, 5.74) is 0. The first-order valence-electron chi connectivity index (χ1n) is 29.3. The monoisotopic (exact) mass is 1050 g/mol. The van der Waals surface area contributed by atoms with Gasteiger partial charge >= 0.3 is 11.9 Å². The minimum Gasteiger partial charge on any atom is -0.462 e. The molecule has 0 aliphatic carbocycles. The van der Waals surface area contributed by atoms with E-state index in [1.165, 1.54) is 159 Å². The van der Waals surface area contributed by atoms with Gasteiger partial charge in [0.25, 0.3) is 0 Å². The number of aromatic nitrogens is 3. The molecule has 4 unspecified atom stereocenters. The standard InChI is InChI=1S/C56H103N5O11S/c1-4-7-10-13-16-19-22-25-28-31-34-37-49(63)57-46(55(69)58-48-40-61(60-59-48)56-54(68)53(67)52(66)47(41-62)72-56)44-73-43-45(71-51(65)39-36-33-30-27-24-21-18-15-12-9-6-3)42-70-50(64)38-35-32-29-26-23-20-17-14-11-8-5-2/h40,45-47,52-54,56,62,66-68H,4-39,41-44H2,1-3H3,(H,57,63)(H,58,69)/t45-,46-,47?,52?,53?,54?,56+/m1/s1. The molecule has 0 spiro atoms. The molecule has 0 saturated carbocycles. The molecule has 424 valence electrons. The molecule has 7 atom stereocenters. The van der Waals surface area contributed by atoms with Crippen LogP contribution in [-0.2, 0) is 33.4 Å². The molecule has 16 nitrogen and oxygen atoms in total. The molecule has 1 aromatic heterocycles. The van der Waals surface area contributed by atoms with Gasteiger partial charge < -0.3 is 45.3 Å². The zero-order valence-electron chi connectivity index (χ0n) is 45.8. The maximum atomic E-state index is 13.9. The summed E-state index contributed by atoms with van der Waals surface area (Å²) in [6, 6.07) is -1.04. The molecule has 73 heavy (non-hydrogen) atoms. The lowest BCUT2D eigenvalue weighted by molar-refractivity contribution is -0.254. The Kier molecular flexibility index (Phi) is 40.2. The van der Waals surface area contributed by atoms with Gasteiger partial charge in [0.2, 0.25) is 11.8 Å². The van der Waals surface area contributed by atoms with Gasteiger partial charge in [-0.15, -0.1) is 5.10 Å². The lowest BCUT2D eigenvalue weighted by atomic mass is 9.98. The minimum absolute atomic E-state index is 0.0319. The predicted molar refractivity (Wildman–Crippen MR) is 291 cm³/mol. The number of amides is 2. The number of nitrogens with zero attached hydrogens (tertiary/aromatic N) is 3. The highest BCUT2D eigenvalue weighted by molar-refractivity contribution is 7.99. The molecule has 0 radical (unpaired) electrons. The quantitative estimate of drug-likeness (QED) is 0.0263. The van der Waals surface area contributed by atoms with Gasteiger partial charge in [-0.25, -0.2) is 4.68 Å². The van der Waals surface area contributed by atoms with Crippen molar-refractivity contribution in [2.45, 2.75) is 295 Å². The first-order valence-corrected chi connectivity index (χ1v) is 30.4. The van der Waals surface area contributed by atoms with Crippen LogP contribution < -0.4 is 10.6 Å². The zero-order chi connectivity index (χ0) is 53.2. The molecule has 2 amide bonds. The molecule has 1 aromatic rings. The van der Waals surface area contributed by atoms with Crippen molar-refractivity contribution in [3.63, 3.8) is 0 Å². The normalized spacial score (nSPS) is 18.6. The van der Waals surface area contributed by atoms with Crippen LogP contribution in [0.1, 0.15) is 258 Å². The van der Waals surface area contributed by atoms with E-state index in [0.717, 1.165) is 62.5 Å². The highest BCUT2D eigenvalue weighted by Crippen LogP contribution is 2.28. The average molecular weight is 1050 g/mol. The molecule has 2 rings (SSSR count). The Morgan fingerprint density at radius 3 is 1.51 bits per heavy atom. The Bertz CT molecular complexity index is 1540. The number of hydrogen-bond donors (Lipinski definition) is 6. The van der Waals surface area contributed by atoms with Crippen molar-refractivity contribution in [3.05, 3.63) is 6.20 Å². The van der Waals surface area contributed by atoms with Crippen LogP contribution in [0, 0.1) is 0 Å².